The average molecular weight is 354 g/mol. The van der Waals surface area contributed by atoms with Crippen LogP contribution in [0.4, 0.5) is 0 Å². The maximum atomic E-state index is 11.1. The van der Waals surface area contributed by atoms with Gasteiger partial charge in [0.25, 0.3) is 0 Å². The number of aldehydes is 2. The van der Waals surface area contributed by atoms with Gasteiger partial charge in [-0.15, -0.1) is 0 Å². The zero-order valence-electron chi connectivity index (χ0n) is 14.6. The number of hydrogen-bond donors (Lipinski definition) is 1. The molecule has 0 fully saturated rings. The van der Waals surface area contributed by atoms with Gasteiger partial charge >= 0.3 is 0 Å². The number of ether oxygens (including phenoxy) is 2. The minimum atomic E-state index is -0.0990. The first-order valence-electron chi connectivity index (χ1n) is 7.60. The molecule has 0 amide bonds. The first kappa shape index (κ1) is 18.9. The molecule has 134 valence electrons. The second-order valence-corrected chi connectivity index (χ2v) is 5.32. The van der Waals surface area contributed by atoms with Crippen molar-refractivity contribution in [3.05, 3.63) is 52.1 Å². The summed E-state index contributed by atoms with van der Waals surface area (Å²) in [5.74, 6) is 0.400. The average Bonchev–Trinajstić information content (AvgIpc) is 2.66. The molecule has 7 heteroatoms. The van der Waals surface area contributed by atoms with Crippen molar-refractivity contribution in [1.82, 2.24) is 0 Å². The van der Waals surface area contributed by atoms with Crippen molar-refractivity contribution in [3.8, 4) is 17.2 Å². The van der Waals surface area contributed by atoms with E-state index >= 15 is 0 Å². The fourth-order valence-electron chi connectivity index (χ4n) is 2.29. The number of phenols is 1. The molecule has 0 saturated carbocycles. The van der Waals surface area contributed by atoms with Crippen LogP contribution in [0.1, 0.15) is 37.4 Å². The second kappa shape index (κ2) is 8.57. The van der Waals surface area contributed by atoms with Crippen molar-refractivity contribution in [2.45, 2.75) is 6.92 Å². The molecule has 0 spiro atoms. The first-order valence-corrected chi connectivity index (χ1v) is 7.60. The van der Waals surface area contributed by atoms with Crippen LogP contribution in [0.25, 0.3) is 0 Å². The Labute approximate surface area is 150 Å². The number of aromatic hydroxyl groups is 1. The Hall–Kier alpha value is -3.48. The van der Waals surface area contributed by atoms with Crippen LogP contribution in [0, 0.1) is 6.92 Å². The third kappa shape index (κ3) is 4.13. The molecule has 0 atom stereocenters. The van der Waals surface area contributed by atoms with E-state index < -0.39 is 0 Å². The molecule has 2 aromatic carbocycles. The van der Waals surface area contributed by atoms with E-state index in [2.05, 4.69) is 10.2 Å². The summed E-state index contributed by atoms with van der Waals surface area (Å²) in [5.41, 5.74) is 2.66. The lowest BCUT2D eigenvalue weighted by atomic mass is 10.0. The van der Waals surface area contributed by atoms with Crippen LogP contribution < -0.4 is 9.47 Å². The molecule has 0 unspecified atom stereocenters. The minimum absolute atomic E-state index is 0.0990. The SMILES string of the molecule is COc1cc(C=NN=Cc2cc(C=O)c(C)c(C=O)c2)cc(OC)c1O. The Morgan fingerprint density at radius 2 is 1.27 bits per heavy atom. The van der Waals surface area contributed by atoms with E-state index in [9.17, 15) is 14.7 Å². The van der Waals surface area contributed by atoms with Gasteiger partial charge in [0.05, 0.1) is 26.6 Å². The van der Waals surface area contributed by atoms with Gasteiger partial charge in [-0.05, 0) is 42.3 Å². The van der Waals surface area contributed by atoms with Crippen LogP contribution in [-0.2, 0) is 0 Å². The van der Waals surface area contributed by atoms with E-state index in [1.165, 1.54) is 26.6 Å². The van der Waals surface area contributed by atoms with Gasteiger partial charge in [-0.25, -0.2) is 0 Å². The highest BCUT2D eigenvalue weighted by Crippen LogP contribution is 2.36. The molecule has 0 bridgehead atoms. The molecule has 2 rings (SSSR count). The number of benzene rings is 2. The third-order valence-corrected chi connectivity index (χ3v) is 3.75. The van der Waals surface area contributed by atoms with Crippen molar-refractivity contribution in [2.24, 2.45) is 10.2 Å². The summed E-state index contributed by atoms with van der Waals surface area (Å²) < 4.78 is 10.1. The van der Waals surface area contributed by atoms with Gasteiger partial charge in [0.1, 0.15) is 12.6 Å². The molecule has 0 aliphatic carbocycles. The van der Waals surface area contributed by atoms with Gasteiger partial charge in [0.15, 0.2) is 11.5 Å². The highest BCUT2D eigenvalue weighted by molar-refractivity contribution is 5.92. The topological polar surface area (TPSA) is 97.6 Å². The lowest BCUT2D eigenvalue weighted by Gasteiger charge is -2.08. The van der Waals surface area contributed by atoms with E-state index in [0.717, 1.165) is 0 Å². The molecular formula is C19H18N2O5. The maximum Gasteiger partial charge on any atom is 0.200 e. The van der Waals surface area contributed by atoms with Crippen molar-refractivity contribution >= 4 is 25.0 Å². The van der Waals surface area contributed by atoms with Gasteiger partial charge in [0.2, 0.25) is 5.75 Å². The Kier molecular flexibility index (Phi) is 6.21. The molecule has 0 aliphatic rings. The Balaban J connectivity index is 2.26. The quantitative estimate of drug-likeness (QED) is 0.468. The summed E-state index contributed by atoms with van der Waals surface area (Å²) in [6.45, 7) is 1.71. The van der Waals surface area contributed by atoms with E-state index in [1.807, 2.05) is 0 Å². The number of rotatable bonds is 7. The van der Waals surface area contributed by atoms with Crippen LogP contribution in [-0.4, -0.2) is 44.3 Å². The molecule has 0 aliphatic heterocycles. The maximum absolute atomic E-state index is 11.1. The highest BCUT2D eigenvalue weighted by Gasteiger charge is 2.10. The van der Waals surface area contributed by atoms with Crippen molar-refractivity contribution in [2.75, 3.05) is 14.2 Å². The van der Waals surface area contributed by atoms with E-state index in [0.29, 0.717) is 40.4 Å². The second-order valence-electron chi connectivity index (χ2n) is 5.32. The number of nitrogens with zero attached hydrogens (tertiary/aromatic N) is 2. The highest BCUT2D eigenvalue weighted by atomic mass is 16.5. The lowest BCUT2D eigenvalue weighted by Crippen LogP contribution is -1.96. The summed E-state index contributed by atoms with van der Waals surface area (Å²) in [6, 6.07) is 6.41. The zero-order valence-corrected chi connectivity index (χ0v) is 14.6. The monoisotopic (exact) mass is 354 g/mol. The predicted molar refractivity (Wildman–Crippen MR) is 98.4 cm³/mol. The van der Waals surface area contributed by atoms with Gasteiger partial charge in [0, 0.05) is 16.7 Å². The van der Waals surface area contributed by atoms with Crippen LogP contribution in [0.15, 0.2) is 34.5 Å². The fraction of sp³-hybridized carbons (Fsp3) is 0.158. The van der Waals surface area contributed by atoms with Crippen LogP contribution >= 0.6 is 0 Å². The Morgan fingerprint density at radius 3 is 1.65 bits per heavy atom. The molecule has 26 heavy (non-hydrogen) atoms. The molecule has 2 aromatic rings. The van der Waals surface area contributed by atoms with Gasteiger partial charge in [-0.1, -0.05) is 0 Å². The molecule has 7 nitrogen and oxygen atoms in total. The lowest BCUT2D eigenvalue weighted by molar-refractivity contribution is 0.112. The third-order valence-electron chi connectivity index (χ3n) is 3.75. The molecule has 1 N–H and O–H groups in total. The Morgan fingerprint density at radius 1 is 0.846 bits per heavy atom. The van der Waals surface area contributed by atoms with Gasteiger partial charge in [-0.2, -0.15) is 10.2 Å². The summed E-state index contributed by atoms with van der Waals surface area (Å²) in [5, 5.41) is 17.7. The fourth-order valence-corrected chi connectivity index (χ4v) is 2.29. The molecule has 0 heterocycles. The Bertz CT molecular complexity index is 833. The van der Waals surface area contributed by atoms with Crippen molar-refractivity contribution in [1.29, 1.82) is 0 Å². The summed E-state index contributed by atoms with van der Waals surface area (Å²) >= 11 is 0. The summed E-state index contributed by atoms with van der Waals surface area (Å²) in [6.07, 6.45) is 4.27. The molecular weight excluding hydrogens is 336 g/mol. The number of phenolic OH excluding ortho intramolecular Hbond substituents is 1. The van der Waals surface area contributed by atoms with Crippen LogP contribution in [0.5, 0.6) is 17.2 Å². The zero-order chi connectivity index (χ0) is 19.1. The smallest absolute Gasteiger partial charge is 0.200 e. The van der Waals surface area contributed by atoms with E-state index in [-0.39, 0.29) is 17.2 Å². The van der Waals surface area contributed by atoms with Gasteiger partial charge in [-0.3, -0.25) is 9.59 Å². The number of carbonyl (C=O) groups is 2. The number of methoxy groups -OCH3 is 2. The standard InChI is InChI=1S/C19H18N2O5/c1-12-15(10-22)4-13(5-16(12)11-23)8-20-21-9-14-6-17(25-2)19(24)18(7-14)26-3/h4-11,24H,1-3H3. The molecule has 0 radical (unpaired) electrons. The largest absolute Gasteiger partial charge is 0.502 e. The number of hydrogen-bond acceptors (Lipinski definition) is 7. The molecule has 0 aromatic heterocycles. The predicted octanol–water partition coefficient (Wildman–Crippen LogP) is 2.80. The van der Waals surface area contributed by atoms with E-state index in [4.69, 9.17) is 9.47 Å². The minimum Gasteiger partial charge on any atom is -0.502 e. The van der Waals surface area contributed by atoms with Crippen molar-refractivity contribution < 1.29 is 24.2 Å². The van der Waals surface area contributed by atoms with E-state index in [1.54, 1.807) is 31.2 Å². The molecule has 0 saturated heterocycles. The van der Waals surface area contributed by atoms with Crippen LogP contribution in [0.3, 0.4) is 0 Å². The van der Waals surface area contributed by atoms with Crippen molar-refractivity contribution in [3.63, 3.8) is 0 Å². The van der Waals surface area contributed by atoms with Gasteiger partial charge < -0.3 is 14.6 Å². The summed E-state index contributed by atoms with van der Waals surface area (Å²) in [4.78, 5) is 22.2. The first-order chi connectivity index (χ1) is 12.5. The number of carbonyl (C=O) groups excluding carboxylic acids is 2. The van der Waals surface area contributed by atoms with Crippen LogP contribution in [0.2, 0.25) is 0 Å². The normalized spacial score (nSPS) is 11.0. The summed E-state index contributed by atoms with van der Waals surface area (Å²) in [7, 11) is 2.86.